The summed E-state index contributed by atoms with van der Waals surface area (Å²) in [6, 6.07) is 9.71. The van der Waals surface area contributed by atoms with Crippen molar-refractivity contribution in [3.63, 3.8) is 0 Å². The predicted octanol–water partition coefficient (Wildman–Crippen LogP) is 4.99. The van der Waals surface area contributed by atoms with E-state index in [1.807, 2.05) is 37.3 Å². The lowest BCUT2D eigenvalue weighted by atomic mass is 9.76. The number of ether oxygens (including phenoxy) is 1. The third-order valence-electron chi connectivity index (χ3n) is 5.84. The van der Waals surface area contributed by atoms with Gasteiger partial charge in [-0.05, 0) is 44.2 Å². The normalized spacial score (nSPS) is 28.7. The minimum atomic E-state index is -1.22. The zero-order chi connectivity index (χ0) is 19.8. The van der Waals surface area contributed by atoms with Crippen LogP contribution in [0.15, 0.2) is 77.8 Å². The molecule has 0 bridgehead atoms. The largest absolute Gasteiger partial charge is 0.504 e. The Labute approximate surface area is 160 Å². The summed E-state index contributed by atoms with van der Waals surface area (Å²) >= 11 is 0. The first-order valence-electron chi connectivity index (χ1n) is 9.17. The zero-order valence-electron chi connectivity index (χ0n) is 16.0. The molecule has 3 rings (SSSR count). The Morgan fingerprint density at radius 3 is 2.59 bits per heavy atom. The van der Waals surface area contributed by atoms with Gasteiger partial charge in [0.1, 0.15) is 18.0 Å². The Kier molecular flexibility index (Phi) is 4.87. The molecule has 0 spiro atoms. The number of allylic oxidation sites excluding steroid dienone is 5. The summed E-state index contributed by atoms with van der Waals surface area (Å²) < 4.78 is 5.80. The molecule has 0 aliphatic heterocycles. The predicted molar refractivity (Wildman–Crippen MR) is 108 cm³/mol. The SMILES string of the molecule is C=C/C(C)=C(\C(O)=C(/C)OCc1ccccc1)[C@@]12CC(=C)CC[C@@]1(O)C2=N. The smallest absolute Gasteiger partial charge is 0.157 e. The Hall–Kier alpha value is -2.59. The fraction of sp³-hybridized carbons (Fsp3) is 0.348. The van der Waals surface area contributed by atoms with Crippen molar-refractivity contribution in [2.24, 2.45) is 5.41 Å². The summed E-state index contributed by atoms with van der Waals surface area (Å²) in [6.45, 7) is 11.8. The van der Waals surface area contributed by atoms with Gasteiger partial charge in [-0.15, -0.1) is 0 Å². The molecule has 4 nitrogen and oxygen atoms in total. The maximum atomic E-state index is 11.0. The second kappa shape index (κ2) is 6.86. The summed E-state index contributed by atoms with van der Waals surface area (Å²) in [5.74, 6) is 0.335. The fourth-order valence-corrected chi connectivity index (χ4v) is 4.15. The molecule has 0 radical (unpaired) electrons. The second-order valence-electron chi connectivity index (χ2n) is 7.51. The highest BCUT2D eigenvalue weighted by molar-refractivity contribution is 6.17. The van der Waals surface area contributed by atoms with Crippen molar-refractivity contribution in [1.29, 1.82) is 5.41 Å². The van der Waals surface area contributed by atoms with Crippen molar-refractivity contribution in [1.82, 2.24) is 0 Å². The molecule has 1 aromatic carbocycles. The molecule has 4 heteroatoms. The van der Waals surface area contributed by atoms with E-state index in [-0.39, 0.29) is 11.5 Å². The van der Waals surface area contributed by atoms with Gasteiger partial charge in [-0.1, -0.05) is 55.1 Å². The number of fused-ring (bicyclic) bond motifs is 1. The van der Waals surface area contributed by atoms with E-state index < -0.39 is 11.0 Å². The van der Waals surface area contributed by atoms with Crippen LogP contribution < -0.4 is 0 Å². The van der Waals surface area contributed by atoms with E-state index >= 15 is 0 Å². The first-order valence-corrected chi connectivity index (χ1v) is 9.17. The molecular weight excluding hydrogens is 338 g/mol. The highest BCUT2D eigenvalue weighted by Crippen LogP contribution is 2.67. The monoisotopic (exact) mass is 365 g/mol. The van der Waals surface area contributed by atoms with Crippen LogP contribution in [-0.4, -0.2) is 21.5 Å². The van der Waals surface area contributed by atoms with Gasteiger partial charge >= 0.3 is 0 Å². The van der Waals surface area contributed by atoms with E-state index in [1.165, 1.54) is 0 Å². The standard InChI is InChI=1S/C23H27NO3/c1-5-16(3)19(22-13-15(2)11-12-23(22,26)21(22)24)20(25)17(4)27-14-18-9-7-6-8-10-18/h5-10,24-26H,1-2,11-14H2,3-4H3/b19-16+,20-17-,24-21?/t22-,23-/m1/s1. The van der Waals surface area contributed by atoms with Gasteiger partial charge in [0, 0.05) is 5.57 Å². The highest BCUT2D eigenvalue weighted by atomic mass is 16.5. The lowest BCUT2D eigenvalue weighted by Gasteiger charge is -2.30. The molecular formula is C23H27NO3. The molecule has 0 unspecified atom stereocenters. The van der Waals surface area contributed by atoms with Crippen LogP contribution in [-0.2, 0) is 11.3 Å². The van der Waals surface area contributed by atoms with Crippen LogP contribution in [0, 0.1) is 10.8 Å². The summed E-state index contributed by atoms with van der Waals surface area (Å²) in [4.78, 5) is 0. The lowest BCUT2D eigenvalue weighted by molar-refractivity contribution is 0.0928. The summed E-state index contributed by atoms with van der Waals surface area (Å²) in [7, 11) is 0. The Bertz CT molecular complexity index is 865. The zero-order valence-corrected chi connectivity index (χ0v) is 16.0. The average Bonchev–Trinajstić information content (AvgIpc) is 3.15. The van der Waals surface area contributed by atoms with E-state index in [9.17, 15) is 10.2 Å². The molecule has 2 aliphatic carbocycles. The summed E-state index contributed by atoms with van der Waals surface area (Å²) in [5.41, 5.74) is 1.32. The summed E-state index contributed by atoms with van der Waals surface area (Å²) in [5, 5.41) is 30.5. The minimum Gasteiger partial charge on any atom is -0.504 e. The van der Waals surface area contributed by atoms with E-state index in [2.05, 4.69) is 13.2 Å². The van der Waals surface area contributed by atoms with Crippen LogP contribution in [0.4, 0.5) is 0 Å². The van der Waals surface area contributed by atoms with Crippen molar-refractivity contribution >= 4 is 5.71 Å². The molecule has 27 heavy (non-hydrogen) atoms. The molecule has 3 N–H and O–H groups in total. The van der Waals surface area contributed by atoms with Gasteiger partial charge < -0.3 is 20.4 Å². The van der Waals surface area contributed by atoms with Gasteiger partial charge in [-0.2, -0.15) is 0 Å². The van der Waals surface area contributed by atoms with Crippen molar-refractivity contribution in [2.45, 2.75) is 45.3 Å². The molecule has 0 saturated heterocycles. The second-order valence-corrected chi connectivity index (χ2v) is 7.51. The van der Waals surface area contributed by atoms with Gasteiger partial charge in [0.15, 0.2) is 5.76 Å². The maximum Gasteiger partial charge on any atom is 0.157 e. The van der Waals surface area contributed by atoms with Crippen LogP contribution in [0.5, 0.6) is 0 Å². The van der Waals surface area contributed by atoms with E-state index in [1.54, 1.807) is 13.0 Å². The molecule has 142 valence electrons. The van der Waals surface area contributed by atoms with Crippen molar-refractivity contribution in [3.8, 4) is 0 Å². The molecule has 2 atom stereocenters. The Balaban J connectivity index is 1.97. The third kappa shape index (κ3) is 2.94. The maximum absolute atomic E-state index is 11.0. The van der Waals surface area contributed by atoms with Crippen LogP contribution in [0.1, 0.15) is 38.7 Å². The molecule has 0 heterocycles. The quantitative estimate of drug-likeness (QED) is 0.378. The number of hydrogen-bond donors (Lipinski definition) is 3. The number of nitrogens with one attached hydrogen (secondary N) is 1. The third-order valence-corrected chi connectivity index (χ3v) is 5.84. The molecule has 0 aromatic heterocycles. The molecule has 2 aliphatic rings. The highest BCUT2D eigenvalue weighted by Gasteiger charge is 2.76. The molecule has 2 fully saturated rings. The van der Waals surface area contributed by atoms with E-state index in [4.69, 9.17) is 10.1 Å². The first kappa shape index (κ1) is 19.2. The number of rotatable bonds is 6. The summed E-state index contributed by atoms with van der Waals surface area (Å²) in [6.07, 6.45) is 3.25. The molecule has 2 saturated carbocycles. The topological polar surface area (TPSA) is 73.5 Å². The van der Waals surface area contributed by atoms with Crippen molar-refractivity contribution in [2.75, 3.05) is 0 Å². The van der Waals surface area contributed by atoms with E-state index in [0.717, 1.165) is 16.7 Å². The Morgan fingerprint density at radius 1 is 1.30 bits per heavy atom. The van der Waals surface area contributed by atoms with E-state index in [0.29, 0.717) is 37.2 Å². The van der Waals surface area contributed by atoms with Gasteiger partial charge in [0.25, 0.3) is 0 Å². The number of aliphatic hydroxyl groups excluding tert-OH is 1. The number of aliphatic hydroxyl groups is 2. The van der Waals surface area contributed by atoms with Crippen LogP contribution in [0.2, 0.25) is 0 Å². The van der Waals surface area contributed by atoms with Crippen LogP contribution in [0.3, 0.4) is 0 Å². The first-order chi connectivity index (χ1) is 12.8. The van der Waals surface area contributed by atoms with Gasteiger partial charge in [-0.3, -0.25) is 0 Å². The molecule has 1 aromatic rings. The van der Waals surface area contributed by atoms with Crippen LogP contribution >= 0.6 is 0 Å². The average molecular weight is 365 g/mol. The lowest BCUT2D eigenvalue weighted by Crippen LogP contribution is -2.28. The van der Waals surface area contributed by atoms with Crippen LogP contribution in [0.25, 0.3) is 0 Å². The van der Waals surface area contributed by atoms with Crippen molar-refractivity contribution < 1.29 is 14.9 Å². The molecule has 0 amide bonds. The number of hydrogen-bond acceptors (Lipinski definition) is 4. The van der Waals surface area contributed by atoms with Gasteiger partial charge in [0.05, 0.1) is 11.1 Å². The fourth-order valence-electron chi connectivity index (χ4n) is 4.15. The minimum absolute atomic E-state index is 0.0290. The van der Waals surface area contributed by atoms with Crippen molar-refractivity contribution in [3.05, 3.63) is 83.4 Å². The Morgan fingerprint density at radius 2 is 1.96 bits per heavy atom. The van der Waals surface area contributed by atoms with Gasteiger partial charge in [-0.25, -0.2) is 0 Å². The number of benzene rings is 1. The van der Waals surface area contributed by atoms with Gasteiger partial charge in [0.2, 0.25) is 0 Å².